The molecule has 2 aromatic heterocycles. The summed E-state index contributed by atoms with van der Waals surface area (Å²) in [6, 6.07) is 11.8. The second kappa shape index (κ2) is 10.9. The maximum atomic E-state index is 11.9. The number of methoxy groups -OCH3 is 1. The van der Waals surface area contributed by atoms with Crippen LogP contribution in [0.3, 0.4) is 0 Å². The fraction of sp³-hybridized carbons (Fsp3) is 0.263. The second-order valence-corrected chi connectivity index (χ2v) is 5.84. The molecule has 1 amide bonds. The highest BCUT2D eigenvalue weighted by molar-refractivity contribution is 5.92. The van der Waals surface area contributed by atoms with E-state index in [0.717, 1.165) is 28.2 Å². The molecule has 0 aliphatic rings. The van der Waals surface area contributed by atoms with Gasteiger partial charge in [-0.05, 0) is 30.7 Å². The zero-order valence-corrected chi connectivity index (χ0v) is 16.9. The van der Waals surface area contributed by atoms with Crippen molar-refractivity contribution in [2.24, 2.45) is 0 Å². The smallest absolute Gasteiger partial charge is 0.238 e. The molecule has 2 N–H and O–H groups in total. The van der Waals surface area contributed by atoms with Gasteiger partial charge in [-0.15, -0.1) is 24.8 Å². The number of nitrogens with one attached hydrogen (secondary N) is 2. The molecule has 0 aliphatic heterocycles. The number of pyridine rings is 1. The fourth-order valence-corrected chi connectivity index (χ4v) is 2.60. The van der Waals surface area contributed by atoms with E-state index in [9.17, 15) is 4.79 Å². The highest BCUT2D eigenvalue weighted by atomic mass is 35.5. The van der Waals surface area contributed by atoms with E-state index in [1.165, 1.54) is 0 Å². The van der Waals surface area contributed by atoms with Crippen LogP contribution in [0, 0.1) is 6.92 Å². The quantitative estimate of drug-likeness (QED) is 0.586. The summed E-state index contributed by atoms with van der Waals surface area (Å²) in [5, 5.41) is 5.88. The minimum Gasteiger partial charge on any atom is -0.383 e. The minimum absolute atomic E-state index is 0. The average Bonchev–Trinajstić information content (AvgIpc) is 3.05. The molecule has 146 valence electrons. The summed E-state index contributed by atoms with van der Waals surface area (Å²) in [6.07, 6.45) is 4.00. The van der Waals surface area contributed by atoms with E-state index in [4.69, 9.17) is 4.74 Å². The van der Waals surface area contributed by atoms with Gasteiger partial charge in [0.05, 0.1) is 18.8 Å². The Hall–Kier alpha value is -2.12. The zero-order valence-electron chi connectivity index (χ0n) is 15.3. The van der Waals surface area contributed by atoms with E-state index in [0.29, 0.717) is 13.2 Å². The largest absolute Gasteiger partial charge is 0.383 e. The normalized spacial score (nSPS) is 10.1. The molecule has 0 radical (unpaired) electrons. The average molecular weight is 411 g/mol. The Bertz CT molecular complexity index is 866. The molecule has 27 heavy (non-hydrogen) atoms. The standard InChI is InChI=1S/C19H22N4O2.2ClH/c1-14-4-3-10-23-13-17(22-19(14)23)15-5-7-16(8-6-15)21-18(24)12-20-9-11-25-2;;/h3-8,10,13,20H,9,11-12H2,1-2H3,(H,21,24);2*1H. The van der Waals surface area contributed by atoms with Crippen LogP contribution in [0.2, 0.25) is 0 Å². The van der Waals surface area contributed by atoms with Gasteiger partial charge >= 0.3 is 0 Å². The van der Waals surface area contributed by atoms with Crippen molar-refractivity contribution in [3.63, 3.8) is 0 Å². The number of aromatic nitrogens is 2. The summed E-state index contributed by atoms with van der Waals surface area (Å²) in [6.45, 7) is 3.54. The minimum atomic E-state index is -0.0767. The van der Waals surface area contributed by atoms with Crippen LogP contribution in [0.1, 0.15) is 5.56 Å². The molecule has 2 heterocycles. The van der Waals surface area contributed by atoms with Crippen molar-refractivity contribution in [1.82, 2.24) is 14.7 Å². The molecule has 0 fully saturated rings. The van der Waals surface area contributed by atoms with Crippen LogP contribution in [0.5, 0.6) is 0 Å². The van der Waals surface area contributed by atoms with E-state index >= 15 is 0 Å². The second-order valence-electron chi connectivity index (χ2n) is 5.84. The van der Waals surface area contributed by atoms with E-state index in [2.05, 4.69) is 15.6 Å². The Morgan fingerprint density at radius 1 is 1.19 bits per heavy atom. The summed E-state index contributed by atoms with van der Waals surface area (Å²) in [7, 11) is 1.63. The number of amides is 1. The molecule has 3 rings (SSSR count). The van der Waals surface area contributed by atoms with Gasteiger partial charge in [-0.25, -0.2) is 4.98 Å². The summed E-state index contributed by atoms with van der Waals surface area (Å²) >= 11 is 0. The summed E-state index contributed by atoms with van der Waals surface area (Å²) in [4.78, 5) is 16.5. The molecule has 0 spiro atoms. The van der Waals surface area contributed by atoms with Crippen LogP contribution in [0.25, 0.3) is 16.9 Å². The van der Waals surface area contributed by atoms with Crippen molar-refractivity contribution < 1.29 is 9.53 Å². The Labute approximate surface area is 171 Å². The Balaban J connectivity index is 0.00000182. The van der Waals surface area contributed by atoms with Crippen LogP contribution in [-0.4, -0.2) is 42.1 Å². The number of carbonyl (C=O) groups is 1. The van der Waals surface area contributed by atoms with Crippen molar-refractivity contribution in [1.29, 1.82) is 0 Å². The van der Waals surface area contributed by atoms with Crippen molar-refractivity contribution in [2.45, 2.75) is 6.92 Å². The molecule has 0 saturated heterocycles. The Kier molecular flexibility index (Phi) is 9.25. The molecule has 8 heteroatoms. The summed E-state index contributed by atoms with van der Waals surface area (Å²) < 4.78 is 6.94. The topological polar surface area (TPSA) is 67.7 Å². The SMILES string of the molecule is COCCNCC(=O)Nc1ccc(-c2cn3cccc(C)c3n2)cc1.Cl.Cl. The van der Waals surface area contributed by atoms with E-state index < -0.39 is 0 Å². The van der Waals surface area contributed by atoms with Gasteiger partial charge in [-0.1, -0.05) is 18.2 Å². The molecule has 0 unspecified atom stereocenters. The van der Waals surface area contributed by atoms with Gasteiger partial charge in [0, 0.05) is 37.3 Å². The third-order valence-electron chi connectivity index (χ3n) is 3.91. The van der Waals surface area contributed by atoms with Crippen LogP contribution in [-0.2, 0) is 9.53 Å². The van der Waals surface area contributed by atoms with Gasteiger partial charge in [-0.3, -0.25) is 4.79 Å². The summed E-state index contributed by atoms with van der Waals surface area (Å²) in [5.74, 6) is -0.0767. The van der Waals surface area contributed by atoms with Crippen LogP contribution in [0.4, 0.5) is 5.69 Å². The first kappa shape index (κ1) is 22.9. The highest BCUT2D eigenvalue weighted by Gasteiger charge is 2.07. The van der Waals surface area contributed by atoms with Crippen LogP contribution >= 0.6 is 24.8 Å². The molecule has 1 aromatic carbocycles. The number of hydrogen-bond acceptors (Lipinski definition) is 4. The maximum absolute atomic E-state index is 11.9. The number of carbonyl (C=O) groups excluding carboxylic acids is 1. The fourth-order valence-electron chi connectivity index (χ4n) is 2.60. The number of fused-ring (bicyclic) bond motifs is 1. The third kappa shape index (κ3) is 5.94. The molecule has 3 aromatic rings. The van der Waals surface area contributed by atoms with E-state index in [-0.39, 0.29) is 37.3 Å². The van der Waals surface area contributed by atoms with Crippen molar-refractivity contribution >= 4 is 42.1 Å². The predicted molar refractivity (Wildman–Crippen MR) is 113 cm³/mol. The monoisotopic (exact) mass is 410 g/mol. The number of benzene rings is 1. The number of nitrogens with zero attached hydrogens (tertiary/aromatic N) is 2. The lowest BCUT2D eigenvalue weighted by molar-refractivity contribution is -0.115. The lowest BCUT2D eigenvalue weighted by atomic mass is 10.1. The number of ether oxygens (including phenoxy) is 1. The van der Waals surface area contributed by atoms with E-state index in [1.54, 1.807) is 7.11 Å². The number of imidazole rings is 1. The lowest BCUT2D eigenvalue weighted by Crippen LogP contribution is -2.30. The van der Waals surface area contributed by atoms with Crippen molar-refractivity contribution in [3.05, 3.63) is 54.4 Å². The molecule has 6 nitrogen and oxygen atoms in total. The number of aryl methyl sites for hydroxylation is 1. The molecule has 0 saturated carbocycles. The number of hydrogen-bond donors (Lipinski definition) is 2. The molecule has 0 aliphatic carbocycles. The predicted octanol–water partition coefficient (Wildman–Crippen LogP) is 3.33. The van der Waals surface area contributed by atoms with Gasteiger partial charge in [0.2, 0.25) is 5.91 Å². The number of anilines is 1. The van der Waals surface area contributed by atoms with Crippen molar-refractivity contribution in [3.8, 4) is 11.3 Å². The van der Waals surface area contributed by atoms with Crippen LogP contribution < -0.4 is 10.6 Å². The molecule has 0 bridgehead atoms. The third-order valence-corrected chi connectivity index (χ3v) is 3.91. The zero-order chi connectivity index (χ0) is 17.6. The van der Waals surface area contributed by atoms with Crippen LogP contribution in [0.15, 0.2) is 48.8 Å². The van der Waals surface area contributed by atoms with Gasteiger partial charge in [0.15, 0.2) is 0 Å². The molecule has 0 atom stereocenters. The van der Waals surface area contributed by atoms with Gasteiger partial charge < -0.3 is 19.8 Å². The molecular weight excluding hydrogens is 387 g/mol. The number of halogens is 2. The van der Waals surface area contributed by atoms with Crippen molar-refractivity contribution in [2.75, 3.05) is 32.1 Å². The first-order valence-electron chi connectivity index (χ1n) is 8.21. The Morgan fingerprint density at radius 2 is 1.93 bits per heavy atom. The Morgan fingerprint density at radius 3 is 2.59 bits per heavy atom. The maximum Gasteiger partial charge on any atom is 0.238 e. The first-order chi connectivity index (χ1) is 12.2. The first-order valence-corrected chi connectivity index (χ1v) is 8.21. The highest BCUT2D eigenvalue weighted by Crippen LogP contribution is 2.22. The molecular formula is C19H24Cl2N4O2. The number of rotatable bonds is 7. The summed E-state index contributed by atoms with van der Waals surface area (Å²) in [5.41, 5.74) is 4.78. The van der Waals surface area contributed by atoms with Gasteiger partial charge in [-0.2, -0.15) is 0 Å². The lowest BCUT2D eigenvalue weighted by Gasteiger charge is -2.07. The van der Waals surface area contributed by atoms with Gasteiger partial charge in [0.1, 0.15) is 5.65 Å². The van der Waals surface area contributed by atoms with Gasteiger partial charge in [0.25, 0.3) is 0 Å². The van der Waals surface area contributed by atoms with E-state index in [1.807, 2.05) is 60.1 Å².